The Kier molecular flexibility index (Phi) is 6.21. The van der Waals surface area contributed by atoms with Gasteiger partial charge in [-0.2, -0.15) is 0 Å². The fourth-order valence-corrected chi connectivity index (χ4v) is 6.84. The number of hydrogen-bond donors (Lipinski definition) is 1. The molecule has 0 aliphatic carbocycles. The van der Waals surface area contributed by atoms with Crippen molar-refractivity contribution in [3.05, 3.63) is 0 Å². The third kappa shape index (κ3) is 5.22. The molecule has 0 aromatic heterocycles. The number of nitrogens with zero attached hydrogens (tertiary/aromatic N) is 1. The Morgan fingerprint density at radius 2 is 1.40 bits per heavy atom. The van der Waals surface area contributed by atoms with Crippen molar-refractivity contribution in [2.24, 2.45) is 22.7 Å². The lowest BCUT2D eigenvalue weighted by Crippen LogP contribution is -2.55. The van der Waals surface area contributed by atoms with Crippen LogP contribution in [0, 0.1) is 22.7 Å². The quantitative estimate of drug-likeness (QED) is 0.670. The summed E-state index contributed by atoms with van der Waals surface area (Å²) in [6.45, 7) is 18.6. The van der Waals surface area contributed by atoms with E-state index in [0.717, 1.165) is 11.8 Å². The standard InChI is InChI=1S/C23H45N2/c1-22(2,19-23(3,4)21-8-12-24-13-9-21)18-20-10-16-25(17-11-20)14-6-5-7-15-25/h20-21,24H,5-19H2,1-4H3/q+1. The van der Waals surface area contributed by atoms with Crippen molar-refractivity contribution in [2.45, 2.75) is 85.5 Å². The number of nitrogens with one attached hydrogen (secondary N) is 1. The van der Waals surface area contributed by atoms with Crippen LogP contribution in [-0.2, 0) is 0 Å². The molecule has 0 unspecified atom stereocenters. The second kappa shape index (κ2) is 7.89. The molecule has 0 aromatic rings. The molecule has 3 aliphatic rings. The Bertz CT molecular complexity index is 404. The van der Waals surface area contributed by atoms with Crippen molar-refractivity contribution in [3.63, 3.8) is 0 Å². The van der Waals surface area contributed by atoms with E-state index in [4.69, 9.17) is 0 Å². The second-order valence-electron chi connectivity index (χ2n) is 11.3. The summed E-state index contributed by atoms with van der Waals surface area (Å²) >= 11 is 0. The Balaban J connectivity index is 1.49. The minimum absolute atomic E-state index is 0.501. The topological polar surface area (TPSA) is 12.0 Å². The maximum absolute atomic E-state index is 3.54. The van der Waals surface area contributed by atoms with Crippen LogP contribution >= 0.6 is 0 Å². The van der Waals surface area contributed by atoms with Gasteiger partial charge >= 0.3 is 0 Å². The van der Waals surface area contributed by atoms with Gasteiger partial charge in [0.1, 0.15) is 0 Å². The van der Waals surface area contributed by atoms with Gasteiger partial charge in [-0.3, -0.25) is 0 Å². The van der Waals surface area contributed by atoms with Crippen molar-refractivity contribution in [3.8, 4) is 0 Å². The fourth-order valence-electron chi connectivity index (χ4n) is 6.84. The van der Waals surface area contributed by atoms with E-state index in [1.165, 1.54) is 102 Å². The van der Waals surface area contributed by atoms with Crippen LogP contribution in [0.2, 0.25) is 0 Å². The lowest BCUT2D eigenvalue weighted by Gasteiger charge is -2.48. The molecule has 2 nitrogen and oxygen atoms in total. The smallest absolute Gasteiger partial charge is 0.0789 e. The molecular formula is C23H45N2+. The minimum Gasteiger partial charge on any atom is -0.324 e. The van der Waals surface area contributed by atoms with E-state index in [-0.39, 0.29) is 0 Å². The third-order valence-corrected chi connectivity index (χ3v) is 8.01. The maximum Gasteiger partial charge on any atom is 0.0789 e. The average Bonchev–Trinajstić information content (AvgIpc) is 2.58. The zero-order chi connectivity index (χ0) is 18.0. The molecule has 25 heavy (non-hydrogen) atoms. The van der Waals surface area contributed by atoms with E-state index < -0.39 is 0 Å². The van der Waals surface area contributed by atoms with Gasteiger partial charge in [-0.25, -0.2) is 0 Å². The fraction of sp³-hybridized carbons (Fsp3) is 1.00. The summed E-state index contributed by atoms with van der Waals surface area (Å²) in [5.41, 5.74) is 1.00. The van der Waals surface area contributed by atoms with E-state index in [9.17, 15) is 0 Å². The molecule has 1 spiro atoms. The summed E-state index contributed by atoms with van der Waals surface area (Å²) in [5.74, 6) is 1.91. The van der Waals surface area contributed by atoms with Crippen LogP contribution in [0.4, 0.5) is 0 Å². The third-order valence-electron chi connectivity index (χ3n) is 8.01. The van der Waals surface area contributed by atoms with Crippen molar-refractivity contribution in [1.29, 1.82) is 0 Å². The first-order chi connectivity index (χ1) is 11.8. The Morgan fingerprint density at radius 3 is 2.00 bits per heavy atom. The molecule has 2 heteroatoms. The monoisotopic (exact) mass is 349 g/mol. The summed E-state index contributed by atoms with van der Waals surface area (Å²) < 4.78 is 1.48. The van der Waals surface area contributed by atoms with Gasteiger partial charge in [0.05, 0.1) is 26.2 Å². The van der Waals surface area contributed by atoms with Crippen molar-refractivity contribution < 1.29 is 4.48 Å². The van der Waals surface area contributed by atoms with Gasteiger partial charge in [-0.15, -0.1) is 0 Å². The molecular weight excluding hydrogens is 304 g/mol. The predicted octanol–water partition coefficient (Wildman–Crippen LogP) is 5.23. The Labute approximate surface area is 157 Å². The highest BCUT2D eigenvalue weighted by molar-refractivity contribution is 4.88. The van der Waals surface area contributed by atoms with Crippen LogP contribution in [0.5, 0.6) is 0 Å². The highest BCUT2D eigenvalue weighted by Crippen LogP contribution is 2.46. The molecule has 3 rings (SSSR count). The molecule has 0 amide bonds. The summed E-state index contributed by atoms with van der Waals surface area (Å²) in [4.78, 5) is 0. The molecule has 3 aliphatic heterocycles. The van der Waals surface area contributed by atoms with Gasteiger partial charge in [0.25, 0.3) is 0 Å². The van der Waals surface area contributed by atoms with E-state index in [1.807, 2.05) is 0 Å². The first-order valence-corrected chi connectivity index (χ1v) is 11.4. The molecule has 0 saturated carbocycles. The molecule has 3 heterocycles. The lowest BCUT2D eigenvalue weighted by molar-refractivity contribution is -0.937. The van der Waals surface area contributed by atoms with Gasteiger partial charge in [0, 0.05) is 0 Å². The van der Waals surface area contributed by atoms with E-state index in [2.05, 4.69) is 33.0 Å². The number of rotatable bonds is 5. The summed E-state index contributed by atoms with van der Waals surface area (Å²) in [5, 5.41) is 3.54. The van der Waals surface area contributed by atoms with Gasteiger partial charge in [-0.05, 0) is 93.5 Å². The summed E-state index contributed by atoms with van der Waals surface area (Å²) in [6, 6.07) is 0. The van der Waals surface area contributed by atoms with E-state index in [1.54, 1.807) is 0 Å². The average molecular weight is 350 g/mol. The summed E-state index contributed by atoms with van der Waals surface area (Å²) in [7, 11) is 0. The highest BCUT2D eigenvalue weighted by Gasteiger charge is 2.39. The van der Waals surface area contributed by atoms with Crippen molar-refractivity contribution in [2.75, 3.05) is 39.3 Å². The van der Waals surface area contributed by atoms with Crippen LogP contribution < -0.4 is 5.32 Å². The van der Waals surface area contributed by atoms with Crippen LogP contribution in [0.25, 0.3) is 0 Å². The molecule has 1 N–H and O–H groups in total. The number of hydrogen-bond acceptors (Lipinski definition) is 1. The minimum atomic E-state index is 0.501. The molecule has 3 fully saturated rings. The number of quaternary nitrogens is 1. The Hall–Kier alpha value is -0.0800. The normalized spacial score (nSPS) is 26.9. The van der Waals surface area contributed by atoms with E-state index >= 15 is 0 Å². The van der Waals surface area contributed by atoms with Gasteiger partial charge in [0.2, 0.25) is 0 Å². The number of piperidine rings is 3. The molecule has 3 saturated heterocycles. The van der Waals surface area contributed by atoms with Gasteiger partial charge in [-0.1, -0.05) is 27.7 Å². The molecule has 0 atom stereocenters. The van der Waals surface area contributed by atoms with Crippen molar-refractivity contribution >= 4 is 0 Å². The maximum atomic E-state index is 3.54. The van der Waals surface area contributed by atoms with Crippen LogP contribution in [0.1, 0.15) is 85.5 Å². The second-order valence-corrected chi connectivity index (χ2v) is 11.3. The van der Waals surface area contributed by atoms with E-state index in [0.29, 0.717) is 10.8 Å². The van der Waals surface area contributed by atoms with Crippen LogP contribution in [-0.4, -0.2) is 43.8 Å². The first kappa shape index (κ1) is 19.7. The van der Waals surface area contributed by atoms with Crippen molar-refractivity contribution in [1.82, 2.24) is 5.32 Å². The Morgan fingerprint density at radius 1 is 0.800 bits per heavy atom. The van der Waals surface area contributed by atoms with Gasteiger partial charge in [0.15, 0.2) is 0 Å². The van der Waals surface area contributed by atoms with Gasteiger partial charge < -0.3 is 9.80 Å². The molecule has 0 aromatic carbocycles. The summed E-state index contributed by atoms with van der Waals surface area (Å²) in [6.07, 6.45) is 13.1. The SMILES string of the molecule is CC(C)(CC1CC[N+]2(CCCCC2)CC1)CC(C)(C)C1CCNCC1. The zero-order valence-electron chi connectivity index (χ0n) is 17.7. The molecule has 0 radical (unpaired) electrons. The van der Waals surface area contributed by atoms with Crippen LogP contribution in [0.15, 0.2) is 0 Å². The largest absolute Gasteiger partial charge is 0.324 e. The first-order valence-electron chi connectivity index (χ1n) is 11.4. The van der Waals surface area contributed by atoms with Crippen LogP contribution in [0.3, 0.4) is 0 Å². The zero-order valence-corrected chi connectivity index (χ0v) is 17.7. The highest BCUT2D eigenvalue weighted by atomic mass is 15.4. The lowest BCUT2D eigenvalue weighted by atomic mass is 9.63. The molecule has 0 bridgehead atoms. The predicted molar refractivity (Wildman–Crippen MR) is 109 cm³/mol. The molecule has 146 valence electrons.